The highest BCUT2D eigenvalue weighted by Gasteiger charge is 2.23. The lowest BCUT2D eigenvalue weighted by atomic mass is 10.2. The Balaban J connectivity index is 2.23. The van der Waals surface area contributed by atoms with Gasteiger partial charge in [0.1, 0.15) is 0 Å². The molecule has 0 unspecified atom stereocenters. The van der Waals surface area contributed by atoms with Gasteiger partial charge in [-0.05, 0) is 6.07 Å². The van der Waals surface area contributed by atoms with Crippen LogP contribution in [0.5, 0.6) is 0 Å². The minimum absolute atomic E-state index is 0.359. The molecule has 14 heavy (non-hydrogen) atoms. The topological polar surface area (TPSA) is 53.1 Å². The lowest BCUT2D eigenvalue weighted by Crippen LogP contribution is -2.31. The number of ether oxygens (including phenoxy) is 1. The third-order valence-electron chi connectivity index (χ3n) is 2.62. The minimum atomic E-state index is 0.359. The van der Waals surface area contributed by atoms with Gasteiger partial charge < -0.3 is 10.5 Å². The van der Waals surface area contributed by atoms with Crippen molar-refractivity contribution < 1.29 is 4.74 Å². The molecule has 0 atom stereocenters. The number of rotatable bonds is 1. The van der Waals surface area contributed by atoms with Crippen molar-refractivity contribution in [2.75, 3.05) is 18.9 Å². The third kappa shape index (κ3) is 0.943. The van der Waals surface area contributed by atoms with E-state index in [1.807, 2.05) is 29.1 Å². The molecule has 0 amide bonds. The highest BCUT2D eigenvalue weighted by Crippen LogP contribution is 2.26. The molecule has 0 saturated carbocycles. The van der Waals surface area contributed by atoms with E-state index in [1.54, 1.807) is 0 Å². The summed E-state index contributed by atoms with van der Waals surface area (Å²) in [6.07, 6.45) is 1.85. The molecule has 1 fully saturated rings. The van der Waals surface area contributed by atoms with Crippen molar-refractivity contribution in [3.63, 3.8) is 0 Å². The van der Waals surface area contributed by atoms with E-state index in [0.717, 1.165) is 29.8 Å². The lowest BCUT2D eigenvalue weighted by molar-refractivity contribution is -0.0266. The zero-order valence-electron chi connectivity index (χ0n) is 7.68. The molecule has 3 rings (SSSR count). The number of hydrogen-bond acceptors (Lipinski definition) is 3. The molecule has 1 saturated heterocycles. The normalized spacial score (nSPS) is 17.1. The van der Waals surface area contributed by atoms with Crippen molar-refractivity contribution in [3.05, 3.63) is 24.4 Å². The first kappa shape index (κ1) is 7.82. The quantitative estimate of drug-likeness (QED) is 0.685. The molecule has 4 heteroatoms. The number of anilines is 1. The summed E-state index contributed by atoms with van der Waals surface area (Å²) in [4.78, 5) is 0. The van der Waals surface area contributed by atoms with E-state index >= 15 is 0 Å². The van der Waals surface area contributed by atoms with E-state index in [9.17, 15) is 0 Å². The number of hydrogen-bond donors (Lipinski definition) is 1. The van der Waals surface area contributed by atoms with Crippen LogP contribution >= 0.6 is 0 Å². The molecule has 0 radical (unpaired) electrons. The summed E-state index contributed by atoms with van der Waals surface area (Å²) in [6, 6.07) is 6.23. The van der Waals surface area contributed by atoms with Gasteiger partial charge >= 0.3 is 0 Å². The van der Waals surface area contributed by atoms with Gasteiger partial charge in [0.2, 0.25) is 0 Å². The van der Waals surface area contributed by atoms with Crippen LogP contribution in [-0.4, -0.2) is 23.0 Å². The summed E-state index contributed by atoms with van der Waals surface area (Å²) in [7, 11) is 0. The summed E-state index contributed by atoms with van der Waals surface area (Å²) < 4.78 is 7.11. The number of fused-ring (bicyclic) bond motifs is 1. The summed E-state index contributed by atoms with van der Waals surface area (Å²) in [6.45, 7) is 1.48. The number of nitrogen functional groups attached to an aromatic ring is 1. The van der Waals surface area contributed by atoms with E-state index in [-0.39, 0.29) is 0 Å². The Hall–Kier alpha value is -1.55. The molecule has 0 aliphatic carbocycles. The number of para-hydroxylation sites is 1. The third-order valence-corrected chi connectivity index (χ3v) is 2.62. The van der Waals surface area contributed by atoms with Gasteiger partial charge in [0.05, 0.1) is 36.7 Å². The summed E-state index contributed by atoms with van der Waals surface area (Å²) in [5.74, 6) is 0. The molecule has 0 bridgehead atoms. The molecule has 0 spiro atoms. The average molecular weight is 189 g/mol. The highest BCUT2D eigenvalue weighted by molar-refractivity contribution is 5.89. The van der Waals surface area contributed by atoms with Gasteiger partial charge in [-0.15, -0.1) is 0 Å². The second-order valence-electron chi connectivity index (χ2n) is 3.57. The zero-order valence-corrected chi connectivity index (χ0v) is 7.68. The molecular weight excluding hydrogens is 178 g/mol. The van der Waals surface area contributed by atoms with E-state index in [0.29, 0.717) is 6.04 Å². The van der Waals surface area contributed by atoms with E-state index in [4.69, 9.17) is 10.5 Å². The summed E-state index contributed by atoms with van der Waals surface area (Å²) in [5.41, 5.74) is 7.73. The van der Waals surface area contributed by atoms with Crippen molar-refractivity contribution in [1.82, 2.24) is 9.78 Å². The SMILES string of the molecule is Nc1cccc2cnn(C3COC3)c12. The minimum Gasteiger partial charge on any atom is -0.397 e. The summed E-state index contributed by atoms with van der Waals surface area (Å²) in [5, 5.41) is 5.43. The number of nitrogens with two attached hydrogens (primary N) is 1. The Kier molecular flexibility index (Phi) is 1.52. The maximum atomic E-state index is 5.92. The van der Waals surface area contributed by atoms with Crippen LogP contribution in [0.3, 0.4) is 0 Å². The molecule has 1 aliphatic heterocycles. The molecule has 1 aromatic carbocycles. The van der Waals surface area contributed by atoms with Gasteiger partial charge in [-0.25, -0.2) is 0 Å². The van der Waals surface area contributed by atoms with Gasteiger partial charge in [0.15, 0.2) is 0 Å². The van der Waals surface area contributed by atoms with Crippen LogP contribution in [0.2, 0.25) is 0 Å². The van der Waals surface area contributed by atoms with Gasteiger partial charge in [0.25, 0.3) is 0 Å². The number of nitrogens with zero attached hydrogens (tertiary/aromatic N) is 2. The van der Waals surface area contributed by atoms with Gasteiger partial charge in [-0.3, -0.25) is 4.68 Å². The van der Waals surface area contributed by atoms with Crippen LogP contribution in [0.1, 0.15) is 6.04 Å². The van der Waals surface area contributed by atoms with Gasteiger partial charge in [-0.2, -0.15) is 5.10 Å². The fourth-order valence-electron chi connectivity index (χ4n) is 1.77. The number of benzene rings is 1. The molecule has 1 aliphatic rings. The first-order valence-electron chi connectivity index (χ1n) is 4.66. The largest absolute Gasteiger partial charge is 0.397 e. The molecule has 4 nitrogen and oxygen atoms in total. The van der Waals surface area contributed by atoms with Crippen LogP contribution in [0.25, 0.3) is 10.9 Å². The van der Waals surface area contributed by atoms with Crippen LogP contribution in [0.15, 0.2) is 24.4 Å². The van der Waals surface area contributed by atoms with E-state index < -0.39 is 0 Å². The monoisotopic (exact) mass is 189 g/mol. The standard InChI is InChI=1S/C10H11N3O/c11-9-3-1-2-7-4-12-13(10(7)9)8-5-14-6-8/h1-4,8H,5-6,11H2. The first-order valence-corrected chi connectivity index (χ1v) is 4.66. The van der Waals surface area contributed by atoms with Crippen molar-refractivity contribution in [1.29, 1.82) is 0 Å². The average Bonchev–Trinajstić information content (AvgIpc) is 2.47. The lowest BCUT2D eigenvalue weighted by Gasteiger charge is -2.27. The Labute approximate surface area is 81.3 Å². The molecule has 72 valence electrons. The highest BCUT2D eigenvalue weighted by atomic mass is 16.5. The molecule has 2 aromatic rings. The Bertz CT molecular complexity index is 473. The van der Waals surface area contributed by atoms with Gasteiger partial charge in [-0.1, -0.05) is 12.1 Å². The maximum Gasteiger partial charge on any atom is 0.0993 e. The van der Waals surface area contributed by atoms with Crippen molar-refractivity contribution in [2.45, 2.75) is 6.04 Å². The Morgan fingerprint density at radius 3 is 3.00 bits per heavy atom. The fraction of sp³-hybridized carbons (Fsp3) is 0.300. The van der Waals surface area contributed by atoms with Crippen LogP contribution in [0, 0.1) is 0 Å². The zero-order chi connectivity index (χ0) is 9.54. The molecule has 1 aromatic heterocycles. The molecular formula is C10H11N3O. The Morgan fingerprint density at radius 1 is 1.43 bits per heavy atom. The van der Waals surface area contributed by atoms with Crippen LogP contribution in [0.4, 0.5) is 5.69 Å². The summed E-state index contributed by atoms with van der Waals surface area (Å²) >= 11 is 0. The van der Waals surface area contributed by atoms with E-state index in [1.165, 1.54) is 0 Å². The van der Waals surface area contributed by atoms with E-state index in [2.05, 4.69) is 5.10 Å². The second-order valence-corrected chi connectivity index (χ2v) is 3.57. The molecule has 2 heterocycles. The predicted molar refractivity (Wildman–Crippen MR) is 54.0 cm³/mol. The second kappa shape index (κ2) is 2.72. The van der Waals surface area contributed by atoms with Crippen molar-refractivity contribution in [3.8, 4) is 0 Å². The first-order chi connectivity index (χ1) is 6.86. The smallest absolute Gasteiger partial charge is 0.0993 e. The Morgan fingerprint density at radius 2 is 2.29 bits per heavy atom. The van der Waals surface area contributed by atoms with Crippen molar-refractivity contribution in [2.24, 2.45) is 0 Å². The van der Waals surface area contributed by atoms with Crippen LogP contribution in [-0.2, 0) is 4.74 Å². The molecule has 2 N–H and O–H groups in total. The van der Waals surface area contributed by atoms with Crippen molar-refractivity contribution >= 4 is 16.6 Å². The fourth-order valence-corrected chi connectivity index (χ4v) is 1.77. The maximum absolute atomic E-state index is 5.92. The predicted octanol–water partition coefficient (Wildman–Crippen LogP) is 1.19. The number of aromatic nitrogens is 2. The van der Waals surface area contributed by atoms with Crippen LogP contribution < -0.4 is 5.73 Å². The van der Waals surface area contributed by atoms with Gasteiger partial charge in [0, 0.05) is 5.39 Å².